The Bertz CT molecular complexity index is 4100. The Balaban J connectivity index is 0.913. The van der Waals surface area contributed by atoms with Crippen LogP contribution in [0.15, 0.2) is 241 Å². The highest BCUT2D eigenvalue weighted by Gasteiger charge is 2.21. The summed E-state index contributed by atoms with van der Waals surface area (Å²) in [4.78, 5) is 0. The number of rotatable bonds is 5. The van der Waals surface area contributed by atoms with Crippen LogP contribution in [0.1, 0.15) is 0 Å². The first kappa shape index (κ1) is 36.7. The van der Waals surface area contributed by atoms with E-state index in [1.54, 1.807) is 0 Å². The van der Waals surface area contributed by atoms with Gasteiger partial charge < -0.3 is 8.98 Å². The van der Waals surface area contributed by atoms with Crippen molar-refractivity contribution in [3.63, 3.8) is 0 Å². The number of hydrogen-bond acceptors (Lipinski definition) is 1. The number of hydrogen-bond donors (Lipinski definition) is 0. The molecule has 14 rings (SSSR count). The molecule has 0 radical (unpaired) electrons. The van der Waals surface area contributed by atoms with Gasteiger partial charge in [-0.3, -0.25) is 0 Å². The van der Waals surface area contributed by atoms with Gasteiger partial charge in [0.15, 0.2) is 0 Å². The van der Waals surface area contributed by atoms with Gasteiger partial charge in [0.05, 0.1) is 11.0 Å². The molecule has 66 heavy (non-hydrogen) atoms. The predicted molar refractivity (Wildman–Crippen MR) is 280 cm³/mol. The van der Waals surface area contributed by atoms with Crippen molar-refractivity contribution in [2.24, 2.45) is 0 Å². The van der Waals surface area contributed by atoms with Crippen LogP contribution in [0.3, 0.4) is 0 Å². The van der Waals surface area contributed by atoms with Crippen molar-refractivity contribution in [3.8, 4) is 50.2 Å². The van der Waals surface area contributed by atoms with Gasteiger partial charge in [-0.05, 0) is 136 Å². The number of furan rings is 1. The summed E-state index contributed by atoms with van der Waals surface area (Å²) in [6, 6.07) is 86.3. The van der Waals surface area contributed by atoms with Crippen molar-refractivity contribution >= 4 is 86.8 Å². The molecule has 0 amide bonds. The summed E-state index contributed by atoms with van der Waals surface area (Å²) in [6.45, 7) is 0. The summed E-state index contributed by atoms with van der Waals surface area (Å²) in [6.07, 6.45) is 0. The minimum absolute atomic E-state index is 0.881. The van der Waals surface area contributed by atoms with Crippen LogP contribution in [0.2, 0.25) is 0 Å². The SMILES string of the molecule is c1ccc(-c2c3ccccc3c(-c3ccc4oc5cc(-c6c7ccccc7c(-c7ccc(-n8c9ccccc9c9ccccc98)cc7)c7ccccc67)ccc5c4c3)c3ccccc23)cc1. The number of para-hydroxylation sites is 2. The lowest BCUT2D eigenvalue weighted by Gasteiger charge is -2.18. The van der Waals surface area contributed by atoms with Crippen molar-refractivity contribution < 1.29 is 4.42 Å². The summed E-state index contributed by atoms with van der Waals surface area (Å²) in [5.74, 6) is 0. The fraction of sp³-hybridized carbons (Fsp3) is 0. The second kappa shape index (κ2) is 14.4. The van der Waals surface area contributed by atoms with Gasteiger partial charge in [-0.1, -0.05) is 188 Å². The van der Waals surface area contributed by atoms with E-state index in [0.717, 1.165) is 33.2 Å². The molecule has 0 aliphatic heterocycles. The molecule has 2 nitrogen and oxygen atoms in total. The molecule has 2 heteroatoms. The van der Waals surface area contributed by atoms with E-state index in [2.05, 4.69) is 241 Å². The fourth-order valence-electron chi connectivity index (χ4n) is 11.2. The first-order chi connectivity index (χ1) is 32.8. The maximum atomic E-state index is 6.77. The van der Waals surface area contributed by atoms with Crippen molar-refractivity contribution in [1.82, 2.24) is 4.57 Å². The Morgan fingerprint density at radius 3 is 1.08 bits per heavy atom. The third-order valence-corrected chi connectivity index (χ3v) is 14.0. The maximum Gasteiger partial charge on any atom is 0.136 e. The average molecular weight is 838 g/mol. The average Bonchev–Trinajstić information content (AvgIpc) is 3.92. The van der Waals surface area contributed by atoms with Crippen LogP contribution in [0.25, 0.3) is 137 Å². The van der Waals surface area contributed by atoms with Gasteiger partial charge in [-0.25, -0.2) is 0 Å². The summed E-state index contributed by atoms with van der Waals surface area (Å²) < 4.78 is 9.15. The normalized spacial score (nSPS) is 11.9. The van der Waals surface area contributed by atoms with E-state index in [1.807, 2.05) is 0 Å². The molecule has 12 aromatic carbocycles. The highest BCUT2D eigenvalue weighted by Crippen LogP contribution is 2.47. The number of fused-ring (bicyclic) bond motifs is 10. The lowest BCUT2D eigenvalue weighted by Crippen LogP contribution is -1.94. The standard InChI is InChI=1S/C64H39NO/c1-2-16-40(17-3-1)61-48-20-4-8-24-52(48)63(53-25-9-5-21-49(53)61)42-33-37-59-56(38-42)47-36-32-43(39-60(47)66-59)64-54-26-10-6-22-50(54)62(51-23-7-11-27-55(51)64)41-30-34-44(35-31-41)65-57-28-14-12-18-45(57)46-19-13-15-29-58(46)65/h1-39H. The Morgan fingerprint density at radius 1 is 0.227 bits per heavy atom. The maximum absolute atomic E-state index is 6.77. The summed E-state index contributed by atoms with van der Waals surface area (Å²) in [5.41, 5.74) is 15.0. The predicted octanol–water partition coefficient (Wildman–Crippen LogP) is 18.0. The Kier molecular flexibility index (Phi) is 8.02. The van der Waals surface area contributed by atoms with Crippen LogP contribution >= 0.6 is 0 Å². The smallest absolute Gasteiger partial charge is 0.136 e. The first-order valence-electron chi connectivity index (χ1n) is 22.8. The van der Waals surface area contributed by atoms with Crippen molar-refractivity contribution in [2.45, 2.75) is 0 Å². The van der Waals surface area contributed by atoms with Gasteiger partial charge in [0.2, 0.25) is 0 Å². The van der Waals surface area contributed by atoms with Gasteiger partial charge >= 0.3 is 0 Å². The molecule has 0 N–H and O–H groups in total. The lowest BCUT2D eigenvalue weighted by molar-refractivity contribution is 0.669. The van der Waals surface area contributed by atoms with E-state index in [4.69, 9.17) is 4.42 Å². The zero-order chi connectivity index (χ0) is 43.3. The van der Waals surface area contributed by atoms with E-state index in [-0.39, 0.29) is 0 Å². The molecule has 2 heterocycles. The summed E-state index contributed by atoms with van der Waals surface area (Å²) >= 11 is 0. The molecule has 2 aromatic heterocycles. The largest absolute Gasteiger partial charge is 0.456 e. The van der Waals surface area contributed by atoms with Crippen molar-refractivity contribution in [1.29, 1.82) is 0 Å². The molecular weight excluding hydrogens is 799 g/mol. The lowest BCUT2D eigenvalue weighted by atomic mass is 9.85. The van der Waals surface area contributed by atoms with E-state index < -0.39 is 0 Å². The van der Waals surface area contributed by atoms with E-state index in [9.17, 15) is 0 Å². The molecular formula is C64H39NO. The van der Waals surface area contributed by atoms with Crippen molar-refractivity contribution in [2.75, 3.05) is 0 Å². The minimum Gasteiger partial charge on any atom is -0.456 e. The third kappa shape index (κ3) is 5.42. The van der Waals surface area contributed by atoms with Gasteiger partial charge in [0.1, 0.15) is 11.2 Å². The Hall–Kier alpha value is -8.72. The first-order valence-corrected chi connectivity index (χ1v) is 22.8. The summed E-state index contributed by atoms with van der Waals surface area (Å²) in [5, 5.41) is 14.6. The molecule has 0 saturated heterocycles. The number of benzene rings is 12. The van der Waals surface area contributed by atoms with E-state index in [0.29, 0.717) is 0 Å². The van der Waals surface area contributed by atoms with Crippen LogP contribution in [0.4, 0.5) is 0 Å². The Labute approximate surface area is 380 Å². The third-order valence-electron chi connectivity index (χ3n) is 14.0. The van der Waals surface area contributed by atoms with Gasteiger partial charge in [-0.2, -0.15) is 0 Å². The number of aromatic nitrogens is 1. The van der Waals surface area contributed by atoms with E-state index >= 15 is 0 Å². The zero-order valence-electron chi connectivity index (χ0n) is 35.9. The highest BCUT2D eigenvalue weighted by atomic mass is 16.3. The van der Waals surface area contributed by atoms with Crippen LogP contribution < -0.4 is 0 Å². The Morgan fingerprint density at radius 2 is 0.591 bits per heavy atom. The molecule has 0 aliphatic rings. The zero-order valence-corrected chi connectivity index (χ0v) is 35.9. The van der Waals surface area contributed by atoms with Gasteiger partial charge in [-0.15, -0.1) is 0 Å². The molecule has 0 atom stereocenters. The van der Waals surface area contributed by atoms with Gasteiger partial charge in [0.25, 0.3) is 0 Å². The van der Waals surface area contributed by atoms with Gasteiger partial charge in [0, 0.05) is 27.2 Å². The molecule has 0 bridgehead atoms. The van der Waals surface area contributed by atoms with E-state index in [1.165, 1.54) is 104 Å². The second-order valence-corrected chi connectivity index (χ2v) is 17.5. The molecule has 14 aromatic rings. The topological polar surface area (TPSA) is 18.1 Å². The molecule has 0 saturated carbocycles. The summed E-state index contributed by atoms with van der Waals surface area (Å²) in [7, 11) is 0. The molecule has 0 fully saturated rings. The highest BCUT2D eigenvalue weighted by molar-refractivity contribution is 6.24. The molecule has 0 aliphatic carbocycles. The minimum atomic E-state index is 0.881. The molecule has 0 spiro atoms. The molecule has 306 valence electrons. The van der Waals surface area contributed by atoms with Crippen LogP contribution in [0, 0.1) is 0 Å². The number of nitrogens with zero attached hydrogens (tertiary/aromatic N) is 1. The monoisotopic (exact) mass is 837 g/mol. The van der Waals surface area contributed by atoms with Crippen LogP contribution in [-0.4, -0.2) is 4.57 Å². The second-order valence-electron chi connectivity index (χ2n) is 17.5. The van der Waals surface area contributed by atoms with Crippen LogP contribution in [-0.2, 0) is 0 Å². The fourth-order valence-corrected chi connectivity index (χ4v) is 11.2. The quantitative estimate of drug-likeness (QED) is 0.158. The molecule has 0 unspecified atom stereocenters. The van der Waals surface area contributed by atoms with Crippen LogP contribution in [0.5, 0.6) is 0 Å². The van der Waals surface area contributed by atoms with Crippen molar-refractivity contribution in [3.05, 3.63) is 237 Å².